The molecule has 2 aliphatic rings. The van der Waals surface area contributed by atoms with Crippen LogP contribution >= 0.6 is 0 Å². The highest BCUT2D eigenvalue weighted by Gasteiger charge is 2.53. The summed E-state index contributed by atoms with van der Waals surface area (Å²) in [6, 6.07) is 40.7. The van der Waals surface area contributed by atoms with Gasteiger partial charge < -0.3 is 18.6 Å². The lowest BCUT2D eigenvalue weighted by Gasteiger charge is -2.51. The summed E-state index contributed by atoms with van der Waals surface area (Å²) in [5.74, 6) is 1.04. The van der Waals surface area contributed by atoms with Gasteiger partial charge in [-0.25, -0.2) is 0 Å². The molecular weight excluding hydrogens is 649 g/mol. The van der Waals surface area contributed by atoms with Gasteiger partial charge in [0.25, 0.3) is 5.79 Å². The summed E-state index contributed by atoms with van der Waals surface area (Å²) in [6.07, 6.45) is 1.50. The first-order valence-electron chi connectivity index (χ1n) is 19.0. The molecule has 2 aliphatic heterocycles. The largest absolute Gasteiger partial charge is 0.452 e. The average molecular weight is 695 g/mol. The maximum absolute atomic E-state index is 7.07. The van der Waals surface area contributed by atoms with E-state index in [9.17, 15) is 0 Å². The molecule has 4 nitrogen and oxygen atoms in total. The molecule has 2 aromatic heterocycles. The lowest BCUT2D eigenvalue weighted by molar-refractivity contribution is -0.166. The number of hydrogen-bond acceptors (Lipinski definition) is 2. The van der Waals surface area contributed by atoms with Crippen LogP contribution in [-0.2, 0) is 10.8 Å². The summed E-state index contributed by atoms with van der Waals surface area (Å²) < 4.78 is 19.0. The van der Waals surface area contributed by atoms with E-state index in [-0.39, 0.29) is 10.8 Å². The van der Waals surface area contributed by atoms with Crippen molar-refractivity contribution >= 4 is 43.6 Å². The number of nitrogens with zero attached hydrogens (tertiary/aromatic N) is 2. The number of hydrogen-bond donors (Lipinski definition) is 0. The predicted octanol–water partition coefficient (Wildman–Crippen LogP) is 12.6. The molecule has 8 aromatic rings. The lowest BCUT2D eigenvalue weighted by atomic mass is 9.69. The Hall–Kier alpha value is -5.48. The standard InChI is InChI=1S/C49H46N2O2/c1-29-9-15-41-35(21-29)36-22-30(2)10-16-42(36)50(41)33-13-19-45-39(25-33)47(5,6)27-49(52-45)28-48(7,8)40-26-34(14-20-46(40)53-49)51-43-17-11-31(3)23-37(43)38-24-32(4)12-18-44(38)51/h9-26H,27-28H2,1-8H3. The highest BCUT2D eigenvalue weighted by molar-refractivity contribution is 6.10. The smallest absolute Gasteiger partial charge is 0.252 e. The van der Waals surface area contributed by atoms with Gasteiger partial charge in [-0.05, 0) is 113 Å². The fourth-order valence-corrected chi connectivity index (χ4v) is 9.77. The Morgan fingerprint density at radius 3 is 1.06 bits per heavy atom. The first-order chi connectivity index (χ1) is 25.3. The number of fused-ring (bicyclic) bond motifs is 8. The molecule has 264 valence electrons. The Balaban J connectivity index is 1.05. The van der Waals surface area contributed by atoms with Crippen LogP contribution in [0.15, 0.2) is 109 Å². The third-order valence-electron chi connectivity index (χ3n) is 12.1. The first-order valence-corrected chi connectivity index (χ1v) is 19.0. The van der Waals surface area contributed by atoms with Gasteiger partial charge in [0.15, 0.2) is 0 Å². The second kappa shape index (κ2) is 10.8. The number of aryl methyl sites for hydroxylation is 4. The van der Waals surface area contributed by atoms with Gasteiger partial charge in [0.2, 0.25) is 0 Å². The monoisotopic (exact) mass is 694 g/mol. The zero-order chi connectivity index (χ0) is 36.6. The molecule has 0 fully saturated rings. The molecule has 0 amide bonds. The van der Waals surface area contributed by atoms with E-state index < -0.39 is 5.79 Å². The highest BCUT2D eigenvalue weighted by Crippen LogP contribution is 2.54. The van der Waals surface area contributed by atoms with E-state index in [0.717, 1.165) is 35.7 Å². The maximum atomic E-state index is 7.07. The van der Waals surface area contributed by atoms with E-state index in [1.807, 2.05) is 0 Å². The van der Waals surface area contributed by atoms with Crippen LogP contribution in [0, 0.1) is 27.7 Å². The van der Waals surface area contributed by atoms with Crippen molar-refractivity contribution < 1.29 is 9.47 Å². The summed E-state index contributed by atoms with van der Waals surface area (Å²) in [4.78, 5) is 0. The molecule has 4 heteroatoms. The van der Waals surface area contributed by atoms with Gasteiger partial charge in [-0.3, -0.25) is 0 Å². The molecule has 1 spiro atoms. The van der Waals surface area contributed by atoms with Gasteiger partial charge in [0.1, 0.15) is 11.5 Å². The van der Waals surface area contributed by atoms with E-state index in [1.54, 1.807) is 0 Å². The Morgan fingerprint density at radius 2 is 0.736 bits per heavy atom. The minimum absolute atomic E-state index is 0.192. The molecule has 6 aromatic carbocycles. The van der Waals surface area contributed by atoms with Crippen LogP contribution < -0.4 is 9.47 Å². The van der Waals surface area contributed by atoms with Crippen molar-refractivity contribution in [1.82, 2.24) is 9.13 Å². The third kappa shape index (κ3) is 4.81. The van der Waals surface area contributed by atoms with Crippen LogP contribution in [0.25, 0.3) is 55.0 Å². The van der Waals surface area contributed by atoms with Crippen molar-refractivity contribution in [2.75, 3.05) is 0 Å². The molecule has 0 N–H and O–H groups in total. The first kappa shape index (κ1) is 32.2. The fourth-order valence-electron chi connectivity index (χ4n) is 9.77. The average Bonchev–Trinajstić information content (AvgIpc) is 3.58. The Morgan fingerprint density at radius 1 is 0.415 bits per heavy atom. The Bertz CT molecular complexity index is 2530. The van der Waals surface area contributed by atoms with Crippen molar-refractivity contribution in [3.63, 3.8) is 0 Å². The topological polar surface area (TPSA) is 28.3 Å². The fraction of sp³-hybridized carbons (Fsp3) is 0.265. The number of aromatic nitrogens is 2. The minimum atomic E-state index is -0.778. The Labute approximate surface area is 311 Å². The molecule has 0 saturated carbocycles. The molecule has 0 radical (unpaired) electrons. The number of rotatable bonds is 2. The summed E-state index contributed by atoms with van der Waals surface area (Å²) in [5.41, 5.74) is 14.3. The van der Waals surface area contributed by atoms with Gasteiger partial charge in [-0.1, -0.05) is 74.2 Å². The van der Waals surface area contributed by atoms with Crippen LogP contribution in [0.4, 0.5) is 0 Å². The van der Waals surface area contributed by atoms with Gasteiger partial charge in [0.05, 0.1) is 22.1 Å². The van der Waals surface area contributed by atoms with Gasteiger partial charge in [-0.2, -0.15) is 0 Å². The number of benzene rings is 6. The summed E-state index contributed by atoms with van der Waals surface area (Å²) in [7, 11) is 0. The van der Waals surface area contributed by atoms with Crippen LogP contribution in [0.5, 0.6) is 11.5 Å². The molecule has 4 heterocycles. The van der Waals surface area contributed by atoms with E-state index in [4.69, 9.17) is 9.47 Å². The van der Waals surface area contributed by atoms with Crippen LogP contribution in [-0.4, -0.2) is 14.9 Å². The second-order valence-corrected chi connectivity index (χ2v) is 17.4. The molecule has 0 saturated heterocycles. The maximum Gasteiger partial charge on any atom is 0.252 e. The Kier molecular flexibility index (Phi) is 6.55. The van der Waals surface area contributed by atoms with Crippen molar-refractivity contribution in [2.24, 2.45) is 0 Å². The zero-order valence-corrected chi connectivity index (χ0v) is 32.0. The van der Waals surface area contributed by atoms with Gasteiger partial charge in [0, 0.05) is 67.7 Å². The lowest BCUT2D eigenvalue weighted by Crippen LogP contribution is -2.55. The van der Waals surface area contributed by atoms with Crippen molar-refractivity contribution in [3.8, 4) is 22.9 Å². The van der Waals surface area contributed by atoms with Crippen molar-refractivity contribution in [3.05, 3.63) is 143 Å². The SMILES string of the molecule is Cc1ccc2c(c1)c1cc(C)ccc1n2-c1ccc2c(c1)C(C)(C)CC1(CC(C)(C)c3cc(-n4c5ccc(C)cc5c5cc(C)ccc54)ccc3O1)O2. The molecule has 0 aliphatic carbocycles. The molecule has 0 atom stereocenters. The molecule has 53 heavy (non-hydrogen) atoms. The van der Waals surface area contributed by atoms with Crippen LogP contribution in [0.1, 0.15) is 73.9 Å². The molecule has 0 bridgehead atoms. The van der Waals surface area contributed by atoms with Gasteiger partial charge >= 0.3 is 0 Å². The molecular formula is C49H46N2O2. The van der Waals surface area contributed by atoms with E-state index in [1.165, 1.54) is 77.0 Å². The number of ether oxygens (including phenoxy) is 2. The molecule has 10 rings (SSSR count). The van der Waals surface area contributed by atoms with Crippen LogP contribution in [0.3, 0.4) is 0 Å². The van der Waals surface area contributed by atoms with Crippen molar-refractivity contribution in [1.29, 1.82) is 0 Å². The van der Waals surface area contributed by atoms with Crippen LogP contribution in [0.2, 0.25) is 0 Å². The van der Waals surface area contributed by atoms with Crippen molar-refractivity contribution in [2.45, 2.75) is 84.8 Å². The van der Waals surface area contributed by atoms with E-state index in [0.29, 0.717) is 0 Å². The highest BCUT2D eigenvalue weighted by atomic mass is 16.7. The normalized spacial score (nSPS) is 16.9. The van der Waals surface area contributed by atoms with E-state index >= 15 is 0 Å². The second-order valence-electron chi connectivity index (χ2n) is 17.4. The summed E-state index contributed by atoms with van der Waals surface area (Å²) >= 11 is 0. The summed E-state index contributed by atoms with van der Waals surface area (Å²) in [6.45, 7) is 18.1. The zero-order valence-electron chi connectivity index (χ0n) is 32.0. The minimum Gasteiger partial charge on any atom is -0.452 e. The van der Waals surface area contributed by atoms with E-state index in [2.05, 4.69) is 174 Å². The predicted molar refractivity (Wildman–Crippen MR) is 220 cm³/mol. The molecule has 0 unspecified atom stereocenters. The third-order valence-corrected chi connectivity index (χ3v) is 12.1. The quantitative estimate of drug-likeness (QED) is 0.180. The van der Waals surface area contributed by atoms with Gasteiger partial charge in [-0.15, -0.1) is 0 Å². The summed E-state index contributed by atoms with van der Waals surface area (Å²) in [5, 5.41) is 5.16.